The molecule has 4 nitrogen and oxygen atoms in total. The Kier molecular flexibility index (Phi) is 2.66. The van der Waals surface area contributed by atoms with E-state index in [9.17, 15) is 4.79 Å². The number of anilines is 1. The molecule has 2 rings (SSSR count). The number of esters is 1. The van der Waals surface area contributed by atoms with E-state index in [0.717, 1.165) is 19.3 Å². The SMILES string of the molecule is CCCOC(=O)c1cc(N)cn1C1CC1. The highest BCUT2D eigenvalue weighted by Gasteiger charge is 2.28. The van der Waals surface area contributed by atoms with E-state index in [-0.39, 0.29) is 5.97 Å². The van der Waals surface area contributed by atoms with Crippen LogP contribution in [0.3, 0.4) is 0 Å². The average Bonchev–Trinajstić information content (AvgIpc) is 2.98. The summed E-state index contributed by atoms with van der Waals surface area (Å²) in [4.78, 5) is 11.7. The second-order valence-corrected chi connectivity index (χ2v) is 3.93. The molecule has 1 aliphatic carbocycles. The van der Waals surface area contributed by atoms with Gasteiger partial charge >= 0.3 is 5.97 Å². The number of nitrogens with two attached hydrogens (primary N) is 1. The van der Waals surface area contributed by atoms with Crippen LogP contribution >= 0.6 is 0 Å². The third-order valence-corrected chi connectivity index (χ3v) is 2.46. The van der Waals surface area contributed by atoms with Crippen LogP contribution in [0.1, 0.15) is 42.7 Å². The molecule has 2 N–H and O–H groups in total. The van der Waals surface area contributed by atoms with Crippen LogP contribution < -0.4 is 5.73 Å². The molecule has 1 heterocycles. The number of rotatable bonds is 4. The summed E-state index contributed by atoms with van der Waals surface area (Å²) >= 11 is 0. The van der Waals surface area contributed by atoms with Crippen molar-refractivity contribution in [3.63, 3.8) is 0 Å². The van der Waals surface area contributed by atoms with Crippen LogP contribution in [0.5, 0.6) is 0 Å². The minimum Gasteiger partial charge on any atom is -0.461 e. The smallest absolute Gasteiger partial charge is 0.355 e. The molecule has 1 fully saturated rings. The van der Waals surface area contributed by atoms with Gasteiger partial charge in [0.15, 0.2) is 0 Å². The lowest BCUT2D eigenvalue weighted by atomic mass is 10.4. The molecule has 0 amide bonds. The number of nitrogen functional groups attached to an aromatic ring is 1. The van der Waals surface area contributed by atoms with Crippen LogP contribution in [0.4, 0.5) is 5.69 Å². The molecular formula is C11H16N2O2. The zero-order valence-corrected chi connectivity index (χ0v) is 8.90. The summed E-state index contributed by atoms with van der Waals surface area (Å²) in [5.41, 5.74) is 6.90. The van der Waals surface area contributed by atoms with Gasteiger partial charge in [0.25, 0.3) is 0 Å². The molecule has 1 aromatic heterocycles. The molecule has 0 saturated heterocycles. The van der Waals surface area contributed by atoms with E-state index in [1.165, 1.54) is 0 Å². The van der Waals surface area contributed by atoms with E-state index >= 15 is 0 Å². The highest BCUT2D eigenvalue weighted by Crippen LogP contribution is 2.37. The van der Waals surface area contributed by atoms with Gasteiger partial charge in [0.05, 0.1) is 12.3 Å². The van der Waals surface area contributed by atoms with Gasteiger partial charge < -0.3 is 15.0 Å². The van der Waals surface area contributed by atoms with E-state index in [1.807, 2.05) is 17.7 Å². The Bertz CT molecular complexity index is 367. The van der Waals surface area contributed by atoms with Gasteiger partial charge in [-0.2, -0.15) is 0 Å². The molecule has 1 saturated carbocycles. The fourth-order valence-electron chi connectivity index (χ4n) is 1.59. The number of aromatic nitrogens is 1. The number of hydrogen-bond acceptors (Lipinski definition) is 3. The number of carbonyl (C=O) groups is 1. The average molecular weight is 208 g/mol. The lowest BCUT2D eigenvalue weighted by molar-refractivity contribution is 0.0492. The second kappa shape index (κ2) is 3.96. The largest absolute Gasteiger partial charge is 0.461 e. The van der Waals surface area contributed by atoms with Crippen molar-refractivity contribution in [1.82, 2.24) is 4.57 Å². The first-order valence-electron chi connectivity index (χ1n) is 5.37. The zero-order chi connectivity index (χ0) is 10.8. The van der Waals surface area contributed by atoms with Crippen LogP contribution in [0.25, 0.3) is 0 Å². The predicted octanol–water partition coefficient (Wildman–Crippen LogP) is 1.97. The summed E-state index contributed by atoms with van der Waals surface area (Å²) in [6, 6.07) is 2.14. The quantitative estimate of drug-likeness (QED) is 0.769. The Morgan fingerprint density at radius 3 is 3.00 bits per heavy atom. The van der Waals surface area contributed by atoms with Gasteiger partial charge in [0.1, 0.15) is 5.69 Å². The van der Waals surface area contributed by atoms with Crippen molar-refractivity contribution in [3.05, 3.63) is 18.0 Å². The summed E-state index contributed by atoms with van der Waals surface area (Å²) < 4.78 is 7.03. The molecule has 1 aliphatic rings. The molecule has 0 spiro atoms. The molecule has 0 radical (unpaired) electrons. The highest BCUT2D eigenvalue weighted by atomic mass is 16.5. The molecule has 1 aromatic rings. The fraction of sp³-hybridized carbons (Fsp3) is 0.545. The Morgan fingerprint density at radius 2 is 2.40 bits per heavy atom. The second-order valence-electron chi connectivity index (χ2n) is 3.93. The van der Waals surface area contributed by atoms with Crippen molar-refractivity contribution in [3.8, 4) is 0 Å². The Balaban J connectivity index is 2.14. The molecule has 0 bridgehead atoms. The minimum atomic E-state index is -0.263. The van der Waals surface area contributed by atoms with Crippen molar-refractivity contribution in [1.29, 1.82) is 0 Å². The first-order chi connectivity index (χ1) is 7.22. The van der Waals surface area contributed by atoms with E-state index in [4.69, 9.17) is 10.5 Å². The number of hydrogen-bond donors (Lipinski definition) is 1. The maximum Gasteiger partial charge on any atom is 0.355 e. The first kappa shape index (κ1) is 10.1. The van der Waals surface area contributed by atoms with Crippen molar-refractivity contribution in [2.24, 2.45) is 0 Å². The molecule has 0 aromatic carbocycles. The molecule has 0 aliphatic heterocycles. The summed E-state index contributed by atoms with van der Waals surface area (Å²) in [5, 5.41) is 0. The molecule has 0 atom stereocenters. The fourth-order valence-corrected chi connectivity index (χ4v) is 1.59. The van der Waals surface area contributed by atoms with Gasteiger partial charge in [0, 0.05) is 12.2 Å². The van der Waals surface area contributed by atoms with Gasteiger partial charge in [-0.15, -0.1) is 0 Å². The summed E-state index contributed by atoms with van der Waals surface area (Å²) in [6.07, 6.45) is 4.91. The summed E-state index contributed by atoms with van der Waals surface area (Å²) in [5.74, 6) is -0.263. The number of nitrogens with zero attached hydrogens (tertiary/aromatic N) is 1. The van der Waals surface area contributed by atoms with E-state index in [1.54, 1.807) is 6.07 Å². The van der Waals surface area contributed by atoms with Gasteiger partial charge in [0.2, 0.25) is 0 Å². The third kappa shape index (κ3) is 2.14. The molecule has 82 valence electrons. The minimum absolute atomic E-state index is 0.263. The van der Waals surface area contributed by atoms with Gasteiger partial charge in [-0.1, -0.05) is 6.92 Å². The lowest BCUT2D eigenvalue weighted by Crippen LogP contribution is -2.11. The number of ether oxygens (including phenoxy) is 1. The normalized spacial score (nSPS) is 15.3. The number of carbonyl (C=O) groups excluding carboxylic acids is 1. The molecule has 0 unspecified atom stereocenters. The van der Waals surface area contributed by atoms with Crippen molar-refractivity contribution in [2.75, 3.05) is 12.3 Å². The Morgan fingerprint density at radius 1 is 1.67 bits per heavy atom. The maximum absolute atomic E-state index is 11.7. The van der Waals surface area contributed by atoms with Crippen molar-refractivity contribution < 1.29 is 9.53 Å². The van der Waals surface area contributed by atoms with Crippen LogP contribution in [0, 0.1) is 0 Å². The zero-order valence-electron chi connectivity index (χ0n) is 8.90. The maximum atomic E-state index is 11.7. The summed E-state index contributed by atoms with van der Waals surface area (Å²) in [6.45, 7) is 2.44. The topological polar surface area (TPSA) is 57.2 Å². The third-order valence-electron chi connectivity index (χ3n) is 2.46. The van der Waals surface area contributed by atoms with Crippen LogP contribution in [0.2, 0.25) is 0 Å². The Labute approximate surface area is 89.0 Å². The van der Waals surface area contributed by atoms with Crippen molar-refractivity contribution >= 4 is 11.7 Å². The first-order valence-corrected chi connectivity index (χ1v) is 5.37. The van der Waals surface area contributed by atoms with Crippen molar-refractivity contribution in [2.45, 2.75) is 32.2 Å². The van der Waals surface area contributed by atoms with E-state index < -0.39 is 0 Å². The van der Waals surface area contributed by atoms with Crippen LogP contribution in [-0.4, -0.2) is 17.1 Å². The molecule has 15 heavy (non-hydrogen) atoms. The monoisotopic (exact) mass is 208 g/mol. The van der Waals surface area contributed by atoms with Gasteiger partial charge in [-0.25, -0.2) is 4.79 Å². The van der Waals surface area contributed by atoms with Crippen LogP contribution in [0.15, 0.2) is 12.3 Å². The standard InChI is InChI=1S/C11H16N2O2/c1-2-5-15-11(14)10-6-8(12)7-13(10)9-3-4-9/h6-7,9H,2-5,12H2,1H3. The lowest BCUT2D eigenvalue weighted by Gasteiger charge is -2.06. The van der Waals surface area contributed by atoms with Gasteiger partial charge in [-0.3, -0.25) is 0 Å². The Hall–Kier alpha value is -1.45. The van der Waals surface area contributed by atoms with E-state index in [0.29, 0.717) is 24.0 Å². The highest BCUT2D eigenvalue weighted by molar-refractivity contribution is 5.89. The molecular weight excluding hydrogens is 192 g/mol. The predicted molar refractivity (Wildman–Crippen MR) is 57.7 cm³/mol. The summed E-state index contributed by atoms with van der Waals surface area (Å²) in [7, 11) is 0. The van der Waals surface area contributed by atoms with E-state index in [2.05, 4.69) is 0 Å². The molecule has 4 heteroatoms. The van der Waals surface area contributed by atoms with Gasteiger partial charge in [-0.05, 0) is 25.3 Å². The van der Waals surface area contributed by atoms with Crippen LogP contribution in [-0.2, 0) is 4.74 Å².